The van der Waals surface area contributed by atoms with Crippen LogP contribution in [-0.2, 0) is 38.4 Å². The van der Waals surface area contributed by atoms with Gasteiger partial charge in [0.05, 0.1) is 12.5 Å². The van der Waals surface area contributed by atoms with Crippen molar-refractivity contribution in [1.82, 2.24) is 16.0 Å². The van der Waals surface area contributed by atoms with Crippen molar-refractivity contribution >= 4 is 47.4 Å². The Morgan fingerprint density at radius 1 is 0.583 bits per heavy atom. The number of nitrogens with two attached hydrogens (primary N) is 3. The maximum Gasteiger partial charge on any atom is 0.326 e. The van der Waals surface area contributed by atoms with Crippen LogP contribution in [0, 0.1) is 0 Å². The van der Waals surface area contributed by atoms with Crippen molar-refractivity contribution in [2.24, 2.45) is 17.2 Å². The number of carboxylic acids is 3. The van der Waals surface area contributed by atoms with Gasteiger partial charge in [-0.1, -0.05) is 0 Å². The summed E-state index contributed by atoms with van der Waals surface area (Å²) < 4.78 is 0. The van der Waals surface area contributed by atoms with Crippen molar-refractivity contribution in [2.75, 3.05) is 0 Å². The molecule has 0 aliphatic rings. The van der Waals surface area contributed by atoms with Gasteiger partial charge in [0.1, 0.15) is 18.1 Å². The van der Waals surface area contributed by atoms with Gasteiger partial charge < -0.3 is 48.5 Å². The summed E-state index contributed by atoms with van der Waals surface area (Å²) in [6.45, 7) is 0. The number of primary amides is 2. The van der Waals surface area contributed by atoms with E-state index in [1.54, 1.807) is 0 Å². The topological polar surface area (TPSA) is 311 Å². The van der Waals surface area contributed by atoms with E-state index in [4.69, 9.17) is 27.4 Å². The molecule has 17 nitrogen and oxygen atoms in total. The molecule has 0 aromatic heterocycles. The van der Waals surface area contributed by atoms with Crippen LogP contribution in [-0.4, -0.2) is 86.9 Å². The molecule has 0 bridgehead atoms. The average Bonchev–Trinajstić information content (AvgIpc) is 2.75. The second-order valence-electron chi connectivity index (χ2n) is 7.67. The number of hydrogen-bond acceptors (Lipinski definition) is 9. The fourth-order valence-electron chi connectivity index (χ4n) is 2.72. The first-order chi connectivity index (χ1) is 16.6. The average molecular weight is 518 g/mol. The summed E-state index contributed by atoms with van der Waals surface area (Å²) in [5.74, 6) is -9.23. The predicted octanol–water partition coefficient (Wildman–Crippen LogP) is -4.28. The standard InChI is InChI=1S/C19H30N6O11/c20-8(1-5-14(28)29)16(32)25-11(7-13(22)27)18(34)23-9(2-4-12(21)26)17(33)24-10(19(35)36)3-6-15(30)31/h8-11H,1-7,20H2,(H2,21,26)(H2,22,27)(H,23,34)(H,24,33)(H,25,32)(H,28,29)(H,30,31)(H,35,36). The molecule has 4 atom stereocenters. The highest BCUT2D eigenvalue weighted by Gasteiger charge is 2.31. The first-order valence-electron chi connectivity index (χ1n) is 10.5. The molecule has 0 fully saturated rings. The Labute approximate surface area is 204 Å². The van der Waals surface area contributed by atoms with E-state index in [9.17, 15) is 43.5 Å². The largest absolute Gasteiger partial charge is 0.481 e. The second kappa shape index (κ2) is 15.6. The monoisotopic (exact) mass is 518 g/mol. The summed E-state index contributed by atoms with van der Waals surface area (Å²) in [5, 5.41) is 33.0. The molecule has 0 radical (unpaired) electrons. The number of aliphatic carboxylic acids is 3. The minimum absolute atomic E-state index is 0.289. The summed E-state index contributed by atoms with van der Waals surface area (Å²) in [7, 11) is 0. The summed E-state index contributed by atoms with van der Waals surface area (Å²) in [4.78, 5) is 92.9. The molecule has 5 amide bonds. The van der Waals surface area contributed by atoms with Crippen molar-refractivity contribution < 1.29 is 53.7 Å². The SMILES string of the molecule is NC(=O)CCC(NC(=O)C(CC(N)=O)NC(=O)C(N)CCC(=O)O)C(=O)NC(CCC(=O)O)C(=O)O. The first-order valence-corrected chi connectivity index (χ1v) is 10.5. The Kier molecular flexibility index (Phi) is 13.7. The van der Waals surface area contributed by atoms with Crippen molar-refractivity contribution in [3.05, 3.63) is 0 Å². The normalized spacial score (nSPS) is 13.8. The second-order valence-corrected chi connectivity index (χ2v) is 7.67. The molecule has 0 aromatic rings. The zero-order chi connectivity index (χ0) is 28.0. The Bertz CT molecular complexity index is 878. The lowest BCUT2D eigenvalue weighted by Crippen LogP contribution is -2.57. The number of hydrogen-bond donors (Lipinski definition) is 9. The molecule has 0 aliphatic carbocycles. The van der Waals surface area contributed by atoms with Gasteiger partial charge in [-0.2, -0.15) is 0 Å². The first kappa shape index (κ1) is 31.7. The van der Waals surface area contributed by atoms with Crippen molar-refractivity contribution in [3.63, 3.8) is 0 Å². The van der Waals surface area contributed by atoms with E-state index in [1.807, 2.05) is 5.32 Å². The smallest absolute Gasteiger partial charge is 0.326 e. The van der Waals surface area contributed by atoms with Gasteiger partial charge in [0.25, 0.3) is 0 Å². The van der Waals surface area contributed by atoms with E-state index in [0.29, 0.717) is 0 Å². The zero-order valence-corrected chi connectivity index (χ0v) is 19.1. The van der Waals surface area contributed by atoms with Gasteiger partial charge in [0.15, 0.2) is 0 Å². The van der Waals surface area contributed by atoms with E-state index in [2.05, 4.69) is 10.6 Å². The van der Waals surface area contributed by atoms with Crippen LogP contribution in [0.15, 0.2) is 0 Å². The third kappa shape index (κ3) is 13.4. The Morgan fingerprint density at radius 2 is 1.03 bits per heavy atom. The van der Waals surface area contributed by atoms with Gasteiger partial charge >= 0.3 is 17.9 Å². The third-order valence-electron chi connectivity index (χ3n) is 4.62. The minimum Gasteiger partial charge on any atom is -0.481 e. The van der Waals surface area contributed by atoms with E-state index >= 15 is 0 Å². The van der Waals surface area contributed by atoms with Crippen LogP contribution < -0.4 is 33.2 Å². The van der Waals surface area contributed by atoms with Gasteiger partial charge in [-0.05, 0) is 19.3 Å². The number of carbonyl (C=O) groups is 8. The number of rotatable bonds is 18. The van der Waals surface area contributed by atoms with Gasteiger partial charge in [-0.25, -0.2) is 4.79 Å². The fraction of sp³-hybridized carbons (Fsp3) is 0.579. The maximum absolute atomic E-state index is 12.7. The lowest BCUT2D eigenvalue weighted by molar-refractivity contribution is -0.144. The van der Waals surface area contributed by atoms with Crippen molar-refractivity contribution in [1.29, 1.82) is 0 Å². The fourth-order valence-corrected chi connectivity index (χ4v) is 2.72. The summed E-state index contributed by atoms with van der Waals surface area (Å²) in [6, 6.07) is -6.24. The molecule has 202 valence electrons. The Hall–Kier alpha value is -4.28. The lowest BCUT2D eigenvalue weighted by Gasteiger charge is -2.24. The molecule has 0 rings (SSSR count). The van der Waals surface area contributed by atoms with Gasteiger partial charge in [-0.15, -0.1) is 0 Å². The summed E-state index contributed by atoms with van der Waals surface area (Å²) in [6.07, 6.45) is -3.41. The number of carboxylic acid groups (broad SMARTS) is 3. The van der Waals surface area contributed by atoms with E-state index < -0.39 is 110 Å². The number of carbonyl (C=O) groups excluding carboxylic acids is 5. The zero-order valence-electron chi connectivity index (χ0n) is 19.1. The molecule has 0 saturated heterocycles. The van der Waals surface area contributed by atoms with Crippen LogP contribution >= 0.6 is 0 Å². The minimum atomic E-state index is -1.66. The van der Waals surface area contributed by atoms with Crippen LogP contribution in [0.5, 0.6) is 0 Å². The molecule has 0 aliphatic heterocycles. The van der Waals surface area contributed by atoms with E-state index in [-0.39, 0.29) is 6.42 Å². The molecular weight excluding hydrogens is 488 g/mol. The van der Waals surface area contributed by atoms with Crippen molar-refractivity contribution in [3.8, 4) is 0 Å². The van der Waals surface area contributed by atoms with E-state index in [0.717, 1.165) is 0 Å². The third-order valence-corrected chi connectivity index (χ3v) is 4.62. The molecule has 0 aromatic carbocycles. The summed E-state index contributed by atoms with van der Waals surface area (Å²) >= 11 is 0. The summed E-state index contributed by atoms with van der Waals surface area (Å²) in [5.41, 5.74) is 15.7. The molecule has 4 unspecified atom stereocenters. The maximum atomic E-state index is 12.7. The van der Waals surface area contributed by atoms with Crippen molar-refractivity contribution in [2.45, 2.75) is 69.1 Å². The number of nitrogens with one attached hydrogen (secondary N) is 3. The Morgan fingerprint density at radius 3 is 1.50 bits per heavy atom. The molecule has 17 heteroatoms. The molecule has 0 saturated carbocycles. The van der Waals surface area contributed by atoms with Crippen LogP contribution in [0.25, 0.3) is 0 Å². The highest BCUT2D eigenvalue weighted by atomic mass is 16.4. The quantitative estimate of drug-likeness (QED) is 0.0832. The molecule has 0 heterocycles. The van der Waals surface area contributed by atoms with Crippen LogP contribution in [0.2, 0.25) is 0 Å². The highest BCUT2D eigenvalue weighted by Crippen LogP contribution is 2.05. The predicted molar refractivity (Wildman–Crippen MR) is 117 cm³/mol. The molecular formula is C19H30N6O11. The molecule has 36 heavy (non-hydrogen) atoms. The molecule has 12 N–H and O–H groups in total. The number of amides is 5. The van der Waals surface area contributed by atoms with E-state index in [1.165, 1.54) is 0 Å². The van der Waals surface area contributed by atoms with Crippen LogP contribution in [0.1, 0.15) is 44.9 Å². The van der Waals surface area contributed by atoms with Gasteiger partial charge in [0.2, 0.25) is 29.5 Å². The molecule has 0 spiro atoms. The highest BCUT2D eigenvalue weighted by molar-refractivity contribution is 5.96. The lowest BCUT2D eigenvalue weighted by atomic mass is 10.1. The van der Waals surface area contributed by atoms with Crippen LogP contribution in [0.3, 0.4) is 0 Å². The van der Waals surface area contributed by atoms with Crippen LogP contribution in [0.4, 0.5) is 0 Å². The van der Waals surface area contributed by atoms with Gasteiger partial charge in [0, 0.05) is 19.3 Å². The Balaban J connectivity index is 5.59. The van der Waals surface area contributed by atoms with Gasteiger partial charge in [-0.3, -0.25) is 33.6 Å².